The first kappa shape index (κ1) is 19.1. The van der Waals surface area contributed by atoms with Crippen molar-refractivity contribution >= 4 is 6.03 Å². The minimum Gasteiger partial charge on any atom is -0.497 e. The van der Waals surface area contributed by atoms with Gasteiger partial charge in [-0.2, -0.15) is 0 Å². The maximum Gasteiger partial charge on any atom is 0.319 e. The molecule has 27 heavy (non-hydrogen) atoms. The van der Waals surface area contributed by atoms with Crippen LogP contribution in [0.25, 0.3) is 11.3 Å². The van der Waals surface area contributed by atoms with Crippen molar-refractivity contribution in [1.29, 1.82) is 0 Å². The van der Waals surface area contributed by atoms with Crippen LogP contribution in [0.5, 0.6) is 5.75 Å². The first-order valence-electron chi connectivity index (χ1n) is 9.41. The summed E-state index contributed by atoms with van der Waals surface area (Å²) in [6.07, 6.45) is 1.51. The summed E-state index contributed by atoms with van der Waals surface area (Å²) in [5, 5.41) is 0. The molecule has 0 saturated carbocycles. The van der Waals surface area contributed by atoms with Crippen molar-refractivity contribution in [1.82, 2.24) is 19.8 Å². The van der Waals surface area contributed by atoms with Crippen molar-refractivity contribution in [3.8, 4) is 17.0 Å². The Morgan fingerprint density at radius 2 is 1.78 bits per heavy atom. The number of rotatable bonds is 3. The lowest BCUT2D eigenvalue weighted by Crippen LogP contribution is -2.40. The fourth-order valence-corrected chi connectivity index (χ4v) is 3.34. The van der Waals surface area contributed by atoms with E-state index in [4.69, 9.17) is 14.7 Å². The number of ether oxygens (including phenoxy) is 1. The Balaban J connectivity index is 2.02. The molecule has 0 saturated heterocycles. The van der Waals surface area contributed by atoms with Gasteiger partial charge in [-0.1, -0.05) is 13.8 Å². The highest BCUT2D eigenvalue weighted by molar-refractivity contribution is 5.74. The number of nitrogens with zero attached hydrogens (tertiary/aromatic N) is 4. The molecule has 0 aliphatic carbocycles. The number of benzene rings is 1. The number of carbonyl (C=O) groups is 1. The van der Waals surface area contributed by atoms with Crippen LogP contribution in [0.1, 0.15) is 36.8 Å². The number of hydrogen-bond acceptors (Lipinski definition) is 4. The van der Waals surface area contributed by atoms with Gasteiger partial charge in [0, 0.05) is 56.3 Å². The van der Waals surface area contributed by atoms with Gasteiger partial charge in [0.15, 0.2) is 0 Å². The Labute approximate surface area is 161 Å². The van der Waals surface area contributed by atoms with Gasteiger partial charge in [0.2, 0.25) is 0 Å². The van der Waals surface area contributed by atoms with Gasteiger partial charge in [0.05, 0.1) is 12.8 Å². The molecule has 2 amide bonds. The van der Waals surface area contributed by atoms with E-state index in [0.29, 0.717) is 13.1 Å². The third kappa shape index (κ3) is 4.04. The molecule has 0 spiro atoms. The van der Waals surface area contributed by atoms with Gasteiger partial charge >= 0.3 is 6.03 Å². The summed E-state index contributed by atoms with van der Waals surface area (Å²) in [6, 6.07) is 8.04. The molecule has 0 bridgehead atoms. The van der Waals surface area contributed by atoms with Crippen molar-refractivity contribution in [2.75, 3.05) is 34.3 Å². The normalized spacial score (nSPS) is 13.9. The van der Waals surface area contributed by atoms with E-state index in [9.17, 15) is 4.79 Å². The van der Waals surface area contributed by atoms with Crippen LogP contribution in [-0.2, 0) is 12.8 Å². The average Bonchev–Trinajstić information content (AvgIpc) is 2.89. The zero-order valence-corrected chi connectivity index (χ0v) is 16.8. The van der Waals surface area contributed by atoms with E-state index in [1.807, 2.05) is 29.2 Å². The molecule has 144 valence electrons. The largest absolute Gasteiger partial charge is 0.497 e. The lowest BCUT2D eigenvalue weighted by Gasteiger charge is -2.24. The SMILES string of the molecule is COc1ccc(-c2nc(C(C)C)nc3c2CCN(C(=O)N(C)C)CC3)cc1. The first-order valence-corrected chi connectivity index (χ1v) is 9.41. The second-order valence-electron chi connectivity index (χ2n) is 7.40. The maximum absolute atomic E-state index is 12.4. The smallest absolute Gasteiger partial charge is 0.319 e. The molecule has 2 aromatic rings. The van der Waals surface area contributed by atoms with Crippen molar-refractivity contribution in [2.24, 2.45) is 0 Å². The summed E-state index contributed by atoms with van der Waals surface area (Å²) < 4.78 is 5.28. The summed E-state index contributed by atoms with van der Waals surface area (Å²) in [5.41, 5.74) is 4.25. The molecule has 0 N–H and O–H groups in total. The van der Waals surface area contributed by atoms with E-state index < -0.39 is 0 Å². The van der Waals surface area contributed by atoms with Crippen molar-refractivity contribution in [3.63, 3.8) is 0 Å². The van der Waals surface area contributed by atoms with Gasteiger partial charge in [-0.25, -0.2) is 14.8 Å². The van der Waals surface area contributed by atoms with Crippen LogP contribution < -0.4 is 4.74 Å². The summed E-state index contributed by atoms with van der Waals surface area (Å²) in [6.45, 7) is 5.58. The number of carbonyl (C=O) groups excluding carboxylic acids is 1. The summed E-state index contributed by atoms with van der Waals surface area (Å²) >= 11 is 0. The molecule has 1 aromatic carbocycles. The molecule has 1 aliphatic heterocycles. The molecule has 6 nitrogen and oxygen atoms in total. The molecule has 6 heteroatoms. The minimum atomic E-state index is 0.0471. The Hall–Kier alpha value is -2.63. The Morgan fingerprint density at radius 1 is 1.11 bits per heavy atom. The number of aromatic nitrogens is 2. The lowest BCUT2D eigenvalue weighted by atomic mass is 10.00. The van der Waals surface area contributed by atoms with E-state index in [1.54, 1.807) is 26.1 Å². The quantitative estimate of drug-likeness (QED) is 0.834. The highest BCUT2D eigenvalue weighted by Gasteiger charge is 2.24. The minimum absolute atomic E-state index is 0.0471. The van der Waals surface area contributed by atoms with Gasteiger partial charge < -0.3 is 14.5 Å². The van der Waals surface area contributed by atoms with Crippen LogP contribution in [0, 0.1) is 0 Å². The number of amides is 2. The van der Waals surface area contributed by atoms with Crippen LogP contribution in [0.3, 0.4) is 0 Å². The third-order valence-electron chi connectivity index (χ3n) is 4.89. The number of urea groups is 1. The number of hydrogen-bond donors (Lipinski definition) is 0. The molecule has 3 rings (SSSR count). The fourth-order valence-electron chi connectivity index (χ4n) is 3.34. The standard InChI is InChI=1S/C21H28N4O2/c1-14(2)20-22-18-11-13-25(21(26)24(3)4)12-10-17(18)19(23-20)15-6-8-16(27-5)9-7-15/h6-9,14H,10-13H2,1-5H3. The molecule has 0 atom stereocenters. The van der Waals surface area contributed by atoms with Gasteiger partial charge in [-0.15, -0.1) is 0 Å². The second-order valence-corrected chi connectivity index (χ2v) is 7.40. The monoisotopic (exact) mass is 368 g/mol. The maximum atomic E-state index is 12.4. The predicted octanol–water partition coefficient (Wildman–Crippen LogP) is 3.36. The summed E-state index contributed by atoms with van der Waals surface area (Å²) in [5.74, 6) is 1.92. The van der Waals surface area contributed by atoms with Crippen LogP contribution >= 0.6 is 0 Å². The molecule has 0 unspecified atom stereocenters. The molecular formula is C21H28N4O2. The van der Waals surface area contributed by atoms with E-state index in [0.717, 1.165) is 46.9 Å². The molecule has 0 fully saturated rings. The first-order chi connectivity index (χ1) is 12.9. The summed E-state index contributed by atoms with van der Waals surface area (Å²) in [7, 11) is 5.25. The highest BCUT2D eigenvalue weighted by Crippen LogP contribution is 2.29. The molecule has 2 heterocycles. The zero-order valence-electron chi connectivity index (χ0n) is 16.8. The van der Waals surface area contributed by atoms with E-state index in [1.165, 1.54) is 0 Å². The van der Waals surface area contributed by atoms with Gasteiger partial charge in [0.25, 0.3) is 0 Å². The van der Waals surface area contributed by atoms with E-state index >= 15 is 0 Å². The summed E-state index contributed by atoms with van der Waals surface area (Å²) in [4.78, 5) is 25.7. The molecule has 1 aromatic heterocycles. The van der Waals surface area contributed by atoms with Gasteiger partial charge in [-0.05, 0) is 30.7 Å². The van der Waals surface area contributed by atoms with Gasteiger partial charge in [-0.3, -0.25) is 0 Å². The number of methoxy groups -OCH3 is 1. The fraction of sp³-hybridized carbons (Fsp3) is 0.476. The average molecular weight is 368 g/mol. The van der Waals surface area contributed by atoms with Crippen LogP contribution in [0.4, 0.5) is 4.79 Å². The van der Waals surface area contributed by atoms with Crippen LogP contribution in [-0.4, -0.2) is 60.1 Å². The molecular weight excluding hydrogens is 340 g/mol. The molecule has 1 aliphatic rings. The van der Waals surface area contributed by atoms with Gasteiger partial charge in [0.1, 0.15) is 11.6 Å². The topological polar surface area (TPSA) is 58.6 Å². The Bertz CT molecular complexity index is 816. The second kappa shape index (κ2) is 7.94. The van der Waals surface area contributed by atoms with E-state index in [-0.39, 0.29) is 11.9 Å². The Morgan fingerprint density at radius 3 is 2.37 bits per heavy atom. The van der Waals surface area contributed by atoms with Crippen LogP contribution in [0.15, 0.2) is 24.3 Å². The highest BCUT2D eigenvalue weighted by atomic mass is 16.5. The Kier molecular flexibility index (Phi) is 5.63. The molecule has 0 radical (unpaired) electrons. The van der Waals surface area contributed by atoms with Crippen molar-refractivity contribution in [3.05, 3.63) is 41.3 Å². The number of fused-ring (bicyclic) bond motifs is 1. The van der Waals surface area contributed by atoms with Crippen molar-refractivity contribution in [2.45, 2.75) is 32.6 Å². The predicted molar refractivity (Wildman–Crippen MR) is 106 cm³/mol. The zero-order chi connectivity index (χ0) is 19.6. The third-order valence-corrected chi connectivity index (χ3v) is 4.89. The lowest BCUT2D eigenvalue weighted by molar-refractivity contribution is 0.173. The van der Waals surface area contributed by atoms with Crippen LogP contribution in [0.2, 0.25) is 0 Å². The van der Waals surface area contributed by atoms with Crippen molar-refractivity contribution < 1.29 is 9.53 Å². The van der Waals surface area contributed by atoms with E-state index in [2.05, 4.69) is 13.8 Å².